The Bertz CT molecular complexity index is 640. The van der Waals surface area contributed by atoms with Crippen molar-refractivity contribution in [2.45, 2.75) is 12.8 Å². The van der Waals surface area contributed by atoms with Crippen LogP contribution in [0.4, 0.5) is 0 Å². The maximum absolute atomic E-state index is 5.70. The fraction of sp³-hybridized carbons (Fsp3) is 0.333. The number of hydrogen-bond acceptors (Lipinski definition) is 2. The second-order valence-corrected chi connectivity index (χ2v) is 5.04. The van der Waals surface area contributed by atoms with E-state index in [0.717, 1.165) is 35.1 Å². The molecule has 3 heteroatoms. The second-order valence-electron chi connectivity index (χ2n) is 4.66. The van der Waals surface area contributed by atoms with E-state index < -0.39 is 0 Å². The first-order valence-electron chi connectivity index (χ1n) is 7.04. The van der Waals surface area contributed by atoms with Crippen molar-refractivity contribution < 1.29 is 9.47 Å². The predicted octanol–water partition coefficient (Wildman–Crippen LogP) is 4.24. The Labute approximate surface area is 131 Å². The van der Waals surface area contributed by atoms with E-state index in [2.05, 4.69) is 36.1 Å². The SMILES string of the molecule is COCCCOc1ccc2cc(C#CCCCl)ccc2c1. The van der Waals surface area contributed by atoms with Gasteiger partial charge in [-0.3, -0.25) is 0 Å². The summed E-state index contributed by atoms with van der Waals surface area (Å²) in [4.78, 5) is 0. The van der Waals surface area contributed by atoms with Crippen molar-refractivity contribution in [2.75, 3.05) is 26.2 Å². The van der Waals surface area contributed by atoms with Crippen LogP contribution < -0.4 is 4.74 Å². The molecule has 0 N–H and O–H groups in total. The Morgan fingerprint density at radius 3 is 2.67 bits per heavy atom. The van der Waals surface area contributed by atoms with Crippen LogP contribution in [0.3, 0.4) is 0 Å². The molecule has 0 unspecified atom stereocenters. The molecular formula is C18H19ClO2. The van der Waals surface area contributed by atoms with Gasteiger partial charge >= 0.3 is 0 Å². The minimum Gasteiger partial charge on any atom is -0.493 e. The molecule has 110 valence electrons. The third kappa shape index (κ3) is 4.97. The van der Waals surface area contributed by atoms with Gasteiger partial charge in [-0.1, -0.05) is 24.0 Å². The van der Waals surface area contributed by atoms with Gasteiger partial charge in [0.05, 0.1) is 6.61 Å². The average Bonchev–Trinajstić information content (AvgIpc) is 2.52. The maximum atomic E-state index is 5.70. The minimum atomic E-state index is 0.574. The predicted molar refractivity (Wildman–Crippen MR) is 88.2 cm³/mol. The van der Waals surface area contributed by atoms with Crippen LogP contribution in [0, 0.1) is 11.8 Å². The highest BCUT2D eigenvalue weighted by atomic mass is 35.5. The van der Waals surface area contributed by atoms with Crippen LogP contribution in [0.25, 0.3) is 10.8 Å². The quantitative estimate of drug-likeness (QED) is 0.451. The summed E-state index contributed by atoms with van der Waals surface area (Å²) in [6.45, 7) is 1.39. The third-order valence-electron chi connectivity index (χ3n) is 3.03. The van der Waals surface area contributed by atoms with E-state index >= 15 is 0 Å². The normalized spacial score (nSPS) is 10.2. The summed E-state index contributed by atoms with van der Waals surface area (Å²) in [6.07, 6.45) is 1.61. The summed E-state index contributed by atoms with van der Waals surface area (Å²) in [5.41, 5.74) is 1.02. The van der Waals surface area contributed by atoms with Crippen LogP contribution in [0.1, 0.15) is 18.4 Å². The lowest BCUT2D eigenvalue weighted by molar-refractivity contribution is 0.172. The number of benzene rings is 2. The number of hydrogen-bond donors (Lipinski definition) is 0. The van der Waals surface area contributed by atoms with E-state index in [0.29, 0.717) is 18.9 Å². The number of ether oxygens (including phenoxy) is 2. The zero-order valence-electron chi connectivity index (χ0n) is 12.2. The van der Waals surface area contributed by atoms with Gasteiger partial charge in [0.1, 0.15) is 5.75 Å². The van der Waals surface area contributed by atoms with Gasteiger partial charge in [-0.15, -0.1) is 11.6 Å². The lowest BCUT2D eigenvalue weighted by atomic mass is 10.1. The first kappa shape index (κ1) is 15.7. The van der Waals surface area contributed by atoms with Crippen molar-refractivity contribution in [2.24, 2.45) is 0 Å². The van der Waals surface area contributed by atoms with E-state index in [-0.39, 0.29) is 0 Å². The van der Waals surface area contributed by atoms with E-state index in [1.54, 1.807) is 7.11 Å². The third-order valence-corrected chi connectivity index (χ3v) is 3.21. The summed E-state index contributed by atoms with van der Waals surface area (Å²) >= 11 is 5.62. The molecule has 0 aliphatic heterocycles. The molecule has 0 radical (unpaired) electrons. The monoisotopic (exact) mass is 302 g/mol. The number of rotatable bonds is 6. The molecule has 0 aliphatic carbocycles. The van der Waals surface area contributed by atoms with Crippen molar-refractivity contribution in [1.29, 1.82) is 0 Å². The van der Waals surface area contributed by atoms with Gasteiger partial charge < -0.3 is 9.47 Å². The number of methoxy groups -OCH3 is 1. The van der Waals surface area contributed by atoms with Gasteiger partial charge in [-0.2, -0.15) is 0 Å². The Balaban J connectivity index is 2.07. The molecule has 2 aromatic rings. The molecular weight excluding hydrogens is 284 g/mol. The van der Waals surface area contributed by atoms with Crippen molar-refractivity contribution >= 4 is 22.4 Å². The Morgan fingerprint density at radius 1 is 1.05 bits per heavy atom. The molecule has 0 saturated heterocycles. The van der Waals surface area contributed by atoms with E-state index in [4.69, 9.17) is 21.1 Å². The number of halogens is 1. The van der Waals surface area contributed by atoms with E-state index in [9.17, 15) is 0 Å². The van der Waals surface area contributed by atoms with Crippen LogP contribution in [0.15, 0.2) is 36.4 Å². The molecule has 0 spiro atoms. The van der Waals surface area contributed by atoms with Crippen LogP contribution in [-0.2, 0) is 4.74 Å². The zero-order chi connectivity index (χ0) is 14.9. The van der Waals surface area contributed by atoms with Gasteiger partial charge in [0.2, 0.25) is 0 Å². The highest BCUT2D eigenvalue weighted by molar-refractivity contribution is 6.18. The van der Waals surface area contributed by atoms with Gasteiger partial charge in [-0.25, -0.2) is 0 Å². The standard InChI is InChI=1S/C18H19ClO2/c1-20-11-4-12-21-18-9-8-16-13-15(5-2-3-10-19)6-7-17(16)14-18/h6-9,13-14H,3-4,10-12H2,1H3. The van der Waals surface area contributed by atoms with Crippen LogP contribution >= 0.6 is 11.6 Å². The summed E-state index contributed by atoms with van der Waals surface area (Å²) in [6, 6.07) is 12.3. The highest BCUT2D eigenvalue weighted by Gasteiger charge is 1.99. The maximum Gasteiger partial charge on any atom is 0.119 e. The molecule has 0 aliphatic rings. The lowest BCUT2D eigenvalue weighted by Gasteiger charge is -2.07. The van der Waals surface area contributed by atoms with Crippen LogP contribution in [0.5, 0.6) is 5.75 Å². The van der Waals surface area contributed by atoms with Gasteiger partial charge in [0, 0.05) is 38.0 Å². The zero-order valence-corrected chi connectivity index (χ0v) is 13.0. The molecule has 2 nitrogen and oxygen atoms in total. The second kappa shape index (κ2) is 8.56. The Kier molecular flexibility index (Phi) is 6.40. The van der Waals surface area contributed by atoms with Crippen LogP contribution in [-0.4, -0.2) is 26.2 Å². The molecule has 2 aromatic carbocycles. The molecule has 0 fully saturated rings. The summed E-state index contributed by atoms with van der Waals surface area (Å²) in [5.74, 6) is 7.63. The van der Waals surface area contributed by atoms with Crippen molar-refractivity contribution in [3.8, 4) is 17.6 Å². The van der Waals surface area contributed by atoms with E-state index in [1.165, 1.54) is 0 Å². The van der Waals surface area contributed by atoms with Gasteiger partial charge in [-0.05, 0) is 35.0 Å². The Hall–Kier alpha value is -1.69. The molecule has 0 heterocycles. The first-order chi connectivity index (χ1) is 10.3. The molecule has 21 heavy (non-hydrogen) atoms. The van der Waals surface area contributed by atoms with Crippen molar-refractivity contribution in [3.05, 3.63) is 42.0 Å². The van der Waals surface area contributed by atoms with Gasteiger partial charge in [0.15, 0.2) is 0 Å². The molecule has 0 aromatic heterocycles. The van der Waals surface area contributed by atoms with E-state index in [1.807, 2.05) is 12.1 Å². The first-order valence-corrected chi connectivity index (χ1v) is 7.57. The highest BCUT2D eigenvalue weighted by Crippen LogP contribution is 2.22. The smallest absolute Gasteiger partial charge is 0.119 e. The number of alkyl halides is 1. The van der Waals surface area contributed by atoms with Gasteiger partial charge in [0.25, 0.3) is 0 Å². The lowest BCUT2D eigenvalue weighted by Crippen LogP contribution is -2.01. The summed E-state index contributed by atoms with van der Waals surface area (Å²) in [7, 11) is 1.70. The topological polar surface area (TPSA) is 18.5 Å². The van der Waals surface area contributed by atoms with Crippen molar-refractivity contribution in [1.82, 2.24) is 0 Å². The molecule has 2 rings (SSSR count). The summed E-state index contributed by atoms with van der Waals surface area (Å²) < 4.78 is 10.7. The van der Waals surface area contributed by atoms with Crippen molar-refractivity contribution in [3.63, 3.8) is 0 Å². The average molecular weight is 303 g/mol. The Morgan fingerprint density at radius 2 is 1.86 bits per heavy atom. The number of fused-ring (bicyclic) bond motifs is 1. The fourth-order valence-corrected chi connectivity index (χ4v) is 2.09. The molecule has 0 saturated carbocycles. The molecule has 0 atom stereocenters. The largest absolute Gasteiger partial charge is 0.493 e. The van der Waals surface area contributed by atoms with Crippen LogP contribution in [0.2, 0.25) is 0 Å². The molecule has 0 bridgehead atoms. The summed E-state index contributed by atoms with van der Waals surface area (Å²) in [5, 5.41) is 2.32. The molecule has 0 amide bonds. The minimum absolute atomic E-state index is 0.574. The fourth-order valence-electron chi connectivity index (χ4n) is 2.00.